The maximum Gasteiger partial charge on any atom is 0.0562 e. The molecule has 0 fully saturated rings. The highest BCUT2D eigenvalue weighted by atomic mass is 15.0. The van der Waals surface area contributed by atoms with Gasteiger partial charge >= 0.3 is 0 Å². The van der Waals surface area contributed by atoms with Crippen molar-refractivity contribution in [3.63, 3.8) is 0 Å². The van der Waals surface area contributed by atoms with E-state index in [0.29, 0.717) is 0 Å². The highest BCUT2D eigenvalue weighted by Crippen LogP contribution is 2.42. The molecule has 0 unspecified atom stereocenters. The summed E-state index contributed by atoms with van der Waals surface area (Å²) in [4.78, 5) is 0. The fourth-order valence-electron chi connectivity index (χ4n) is 10.00. The molecule has 0 aliphatic carbocycles. The summed E-state index contributed by atoms with van der Waals surface area (Å²) in [6.07, 6.45) is 0. The Morgan fingerprint density at radius 3 is 1.36 bits per heavy atom. The van der Waals surface area contributed by atoms with Crippen molar-refractivity contribution in [3.05, 3.63) is 224 Å². The van der Waals surface area contributed by atoms with Crippen LogP contribution in [-0.4, -0.2) is 13.7 Å². The van der Waals surface area contributed by atoms with Gasteiger partial charge in [0, 0.05) is 49.4 Å². The largest absolute Gasteiger partial charge is 0.309 e. The second-order valence-electron chi connectivity index (χ2n) is 16.2. The van der Waals surface area contributed by atoms with Gasteiger partial charge in [-0.25, -0.2) is 0 Å². The van der Waals surface area contributed by atoms with Crippen molar-refractivity contribution in [1.29, 1.82) is 0 Å². The van der Waals surface area contributed by atoms with Gasteiger partial charge in [0.2, 0.25) is 0 Å². The van der Waals surface area contributed by atoms with Gasteiger partial charge in [0.15, 0.2) is 0 Å². The number of nitrogens with zero attached hydrogens (tertiary/aromatic N) is 3. The van der Waals surface area contributed by atoms with Crippen LogP contribution >= 0.6 is 0 Å². The summed E-state index contributed by atoms with van der Waals surface area (Å²) >= 11 is 0. The number of benzene rings is 10. The molecule has 3 nitrogen and oxygen atoms in total. The molecule has 0 saturated heterocycles. The van der Waals surface area contributed by atoms with Gasteiger partial charge in [0.1, 0.15) is 0 Å². The molecule has 13 aromatic rings. The molecule has 10 aromatic carbocycles. The first-order valence-electron chi connectivity index (χ1n) is 21.0. The average molecular weight is 776 g/mol. The minimum atomic E-state index is 1.15. The van der Waals surface area contributed by atoms with Crippen LogP contribution in [0.3, 0.4) is 0 Å². The van der Waals surface area contributed by atoms with E-state index in [1.165, 1.54) is 98.4 Å². The fourth-order valence-corrected chi connectivity index (χ4v) is 10.00. The van der Waals surface area contributed by atoms with Crippen molar-refractivity contribution in [2.45, 2.75) is 0 Å². The van der Waals surface area contributed by atoms with E-state index in [1.807, 2.05) is 0 Å². The van der Waals surface area contributed by atoms with Crippen LogP contribution in [0.1, 0.15) is 0 Å². The van der Waals surface area contributed by atoms with Gasteiger partial charge in [-0.15, -0.1) is 0 Å². The lowest BCUT2D eigenvalue weighted by molar-refractivity contribution is 1.17. The van der Waals surface area contributed by atoms with Crippen molar-refractivity contribution < 1.29 is 0 Å². The normalized spacial score (nSPS) is 11.9. The topological polar surface area (TPSA) is 14.8 Å². The fraction of sp³-hybridized carbons (Fsp3) is 0. The summed E-state index contributed by atoms with van der Waals surface area (Å²) in [6.45, 7) is 0. The number of aromatic nitrogens is 3. The molecule has 0 saturated carbocycles. The predicted octanol–water partition coefficient (Wildman–Crippen LogP) is 15.5. The Morgan fingerprint density at radius 2 is 0.656 bits per heavy atom. The minimum Gasteiger partial charge on any atom is -0.309 e. The van der Waals surface area contributed by atoms with Crippen LogP contribution in [0.2, 0.25) is 0 Å². The molecule has 0 spiro atoms. The van der Waals surface area contributed by atoms with Crippen molar-refractivity contribution in [1.82, 2.24) is 13.7 Å². The molecule has 3 heteroatoms. The lowest BCUT2D eigenvalue weighted by atomic mass is 10.00. The van der Waals surface area contributed by atoms with Crippen LogP contribution in [0.15, 0.2) is 224 Å². The molecule has 0 aliphatic rings. The lowest BCUT2D eigenvalue weighted by Gasteiger charge is -2.11. The summed E-state index contributed by atoms with van der Waals surface area (Å²) in [5.41, 5.74) is 15.5. The van der Waals surface area contributed by atoms with Gasteiger partial charge in [-0.3, -0.25) is 0 Å². The SMILES string of the molecule is c1ccc(-c2cccc(-n3c4ccccc4c4cc(-c5ccc6c(c5)c5cc7c8ccccc8n(-c8ccccc8)c7cc5n6-c5ccc6ccccc6c5)ccc43)c2)cc1. The molecular weight excluding hydrogens is 739 g/mol. The standard InChI is InChI=1S/C58H37N3/c1-3-14-38(15-4-1)41-18-13-21-45(32-41)60-54-25-12-9-22-47(54)49-34-42(27-30-55(49)60)43-28-31-56-50(35-43)52-36-51-48-23-10-11-24-53(48)59(44-19-5-2-6-20-44)57(51)37-58(52)61(56)46-29-26-39-16-7-8-17-40(39)33-46/h1-37H. The summed E-state index contributed by atoms with van der Waals surface area (Å²) in [5.74, 6) is 0. The van der Waals surface area contributed by atoms with E-state index in [9.17, 15) is 0 Å². The van der Waals surface area contributed by atoms with Crippen molar-refractivity contribution in [2.75, 3.05) is 0 Å². The molecule has 61 heavy (non-hydrogen) atoms. The predicted molar refractivity (Wildman–Crippen MR) is 258 cm³/mol. The third-order valence-electron chi connectivity index (χ3n) is 12.8. The second-order valence-corrected chi connectivity index (χ2v) is 16.2. The van der Waals surface area contributed by atoms with E-state index < -0.39 is 0 Å². The number of hydrogen-bond donors (Lipinski definition) is 0. The Bertz CT molecular complexity index is 3860. The highest BCUT2D eigenvalue weighted by Gasteiger charge is 2.20. The Morgan fingerprint density at radius 1 is 0.197 bits per heavy atom. The molecule has 0 radical (unpaired) electrons. The van der Waals surface area contributed by atoms with Gasteiger partial charge in [-0.05, 0) is 118 Å². The van der Waals surface area contributed by atoms with E-state index in [1.54, 1.807) is 0 Å². The quantitative estimate of drug-likeness (QED) is 0.165. The monoisotopic (exact) mass is 775 g/mol. The zero-order chi connectivity index (χ0) is 40.0. The smallest absolute Gasteiger partial charge is 0.0562 e. The molecular formula is C58H37N3. The van der Waals surface area contributed by atoms with Crippen molar-refractivity contribution >= 4 is 76.2 Å². The summed E-state index contributed by atoms with van der Waals surface area (Å²) < 4.78 is 7.30. The van der Waals surface area contributed by atoms with Crippen LogP contribution in [0.5, 0.6) is 0 Å². The van der Waals surface area contributed by atoms with Crippen LogP contribution in [0.4, 0.5) is 0 Å². The average Bonchev–Trinajstić information content (AvgIpc) is 3.96. The van der Waals surface area contributed by atoms with Gasteiger partial charge in [0.25, 0.3) is 0 Å². The van der Waals surface area contributed by atoms with Crippen LogP contribution in [-0.2, 0) is 0 Å². The number of fused-ring (bicyclic) bond motifs is 10. The van der Waals surface area contributed by atoms with E-state index in [0.717, 1.165) is 17.1 Å². The molecule has 0 bridgehead atoms. The zero-order valence-electron chi connectivity index (χ0n) is 33.2. The van der Waals surface area contributed by atoms with Crippen LogP contribution < -0.4 is 0 Å². The molecule has 3 aromatic heterocycles. The Hall–Kier alpha value is -8.14. The Labute approximate surface area is 352 Å². The lowest BCUT2D eigenvalue weighted by Crippen LogP contribution is -1.96. The van der Waals surface area contributed by atoms with Crippen LogP contribution in [0.25, 0.3) is 116 Å². The summed E-state index contributed by atoms with van der Waals surface area (Å²) in [7, 11) is 0. The molecule has 284 valence electrons. The third-order valence-corrected chi connectivity index (χ3v) is 12.8. The van der Waals surface area contributed by atoms with Gasteiger partial charge in [-0.2, -0.15) is 0 Å². The summed E-state index contributed by atoms with van der Waals surface area (Å²) in [6, 6.07) is 82.3. The van der Waals surface area contributed by atoms with Crippen molar-refractivity contribution in [2.24, 2.45) is 0 Å². The first kappa shape index (κ1) is 33.8. The Kier molecular flexibility index (Phi) is 7.31. The van der Waals surface area contributed by atoms with Gasteiger partial charge < -0.3 is 13.7 Å². The zero-order valence-corrected chi connectivity index (χ0v) is 33.2. The maximum absolute atomic E-state index is 2.47. The molecule has 0 aliphatic heterocycles. The first-order chi connectivity index (χ1) is 30.2. The van der Waals surface area contributed by atoms with Crippen LogP contribution in [0, 0.1) is 0 Å². The maximum atomic E-state index is 2.47. The van der Waals surface area contributed by atoms with E-state index in [2.05, 4.69) is 238 Å². The highest BCUT2D eigenvalue weighted by molar-refractivity contribution is 6.20. The molecule has 0 atom stereocenters. The second kappa shape index (κ2) is 13.2. The van der Waals surface area contributed by atoms with Crippen molar-refractivity contribution in [3.8, 4) is 39.3 Å². The molecule has 3 heterocycles. The third kappa shape index (κ3) is 5.17. The van der Waals surface area contributed by atoms with Gasteiger partial charge in [-0.1, -0.05) is 140 Å². The first-order valence-corrected chi connectivity index (χ1v) is 21.0. The van der Waals surface area contributed by atoms with E-state index in [4.69, 9.17) is 0 Å². The molecule has 0 N–H and O–H groups in total. The molecule has 13 rings (SSSR count). The van der Waals surface area contributed by atoms with Gasteiger partial charge in [0.05, 0.1) is 33.1 Å². The van der Waals surface area contributed by atoms with E-state index in [-0.39, 0.29) is 0 Å². The van der Waals surface area contributed by atoms with E-state index >= 15 is 0 Å². The Balaban J connectivity index is 1.05. The number of hydrogen-bond acceptors (Lipinski definition) is 0. The minimum absolute atomic E-state index is 1.15. The number of rotatable bonds is 5. The number of para-hydroxylation sites is 3. The molecule has 0 amide bonds. The summed E-state index contributed by atoms with van der Waals surface area (Å²) in [5, 5.41) is 9.93.